The van der Waals surface area contributed by atoms with Crippen molar-refractivity contribution in [2.45, 2.75) is 21.3 Å². The molecule has 0 aromatic carbocycles. The predicted octanol–water partition coefficient (Wildman–Crippen LogP) is 1.95. The monoisotopic (exact) mass is 144 g/mol. The molecule has 0 atom stereocenters. The summed E-state index contributed by atoms with van der Waals surface area (Å²) in [6.07, 6.45) is 4.18. The lowest BCUT2D eigenvalue weighted by atomic mass is 10.6. The van der Waals surface area contributed by atoms with E-state index < -0.39 is 0 Å². The van der Waals surface area contributed by atoms with E-state index in [4.69, 9.17) is 0 Å². The fourth-order valence-corrected chi connectivity index (χ4v) is 0.595. The summed E-state index contributed by atoms with van der Waals surface area (Å²) in [4.78, 5) is 0. The van der Waals surface area contributed by atoms with Crippen LogP contribution in [0.1, 0.15) is 21.3 Å². The minimum Gasteiger partial charge on any atom is -0.316 e. The van der Waals surface area contributed by atoms with Crippen LogP contribution >= 0.6 is 0 Å². The quantitative estimate of drug-likeness (QED) is 0.513. The van der Waals surface area contributed by atoms with E-state index in [1.165, 1.54) is 0 Å². The maximum Gasteiger partial charge on any atom is 0.0375 e. The van der Waals surface area contributed by atoms with Crippen molar-refractivity contribution in [3.8, 4) is 0 Å². The molecule has 1 aliphatic rings. The van der Waals surface area contributed by atoms with Gasteiger partial charge in [0.2, 0.25) is 0 Å². The van der Waals surface area contributed by atoms with Gasteiger partial charge in [-0.1, -0.05) is 27.4 Å². The Balaban J connectivity index is 0. The molecule has 2 nitrogen and oxygen atoms in total. The summed E-state index contributed by atoms with van der Waals surface area (Å²) < 4.78 is 0. The number of hydrazine groups is 1. The summed E-state index contributed by atoms with van der Waals surface area (Å²) in [6, 6.07) is 0. The number of hydrogen-bond donors (Lipinski definition) is 0. The molecule has 1 heterocycles. The van der Waals surface area contributed by atoms with E-state index in [0.29, 0.717) is 0 Å². The van der Waals surface area contributed by atoms with Crippen LogP contribution in [-0.2, 0) is 0 Å². The van der Waals surface area contributed by atoms with Crippen molar-refractivity contribution < 1.29 is 0 Å². The highest BCUT2D eigenvalue weighted by molar-refractivity contribution is 4.88. The summed E-state index contributed by atoms with van der Waals surface area (Å²) >= 11 is 0. The Bertz CT molecular complexity index is 89.3. The van der Waals surface area contributed by atoms with Crippen LogP contribution in [0.2, 0.25) is 0 Å². The fraction of sp³-hybridized carbons (Fsp3) is 0.750. The zero-order chi connectivity index (χ0) is 7.28. The molecule has 1 rings (SSSR count). The Labute approximate surface area is 65.1 Å². The molecule has 0 amide bonds. The summed E-state index contributed by atoms with van der Waals surface area (Å²) in [5.74, 6) is 0. The fourth-order valence-electron chi connectivity index (χ4n) is 0.595. The van der Waals surface area contributed by atoms with Gasteiger partial charge in [0.05, 0.1) is 0 Å². The third-order valence-electron chi connectivity index (χ3n) is 1.23. The maximum absolute atomic E-state index is 2.12. The number of nitrogens with zero attached hydrogens (tertiary/aromatic N) is 2. The van der Waals surface area contributed by atoms with E-state index in [-0.39, 0.29) is 7.43 Å². The molecule has 10 heavy (non-hydrogen) atoms. The Morgan fingerprint density at radius 1 is 1.20 bits per heavy atom. The van der Waals surface area contributed by atoms with Gasteiger partial charge in [-0.2, -0.15) is 0 Å². The SMILES string of the molecule is C.CC.CN1C=CCN1C. The first-order chi connectivity index (χ1) is 4.30. The molecule has 0 saturated carbocycles. The summed E-state index contributed by atoms with van der Waals surface area (Å²) in [7, 11) is 4.09. The highest BCUT2D eigenvalue weighted by Crippen LogP contribution is 1.98. The van der Waals surface area contributed by atoms with Gasteiger partial charge >= 0.3 is 0 Å². The molecule has 0 aromatic rings. The largest absolute Gasteiger partial charge is 0.316 e. The Kier molecular flexibility index (Phi) is 8.07. The van der Waals surface area contributed by atoms with Gasteiger partial charge in [0.15, 0.2) is 0 Å². The van der Waals surface area contributed by atoms with Crippen molar-refractivity contribution in [2.24, 2.45) is 0 Å². The zero-order valence-electron chi connectivity index (χ0n) is 6.76. The Morgan fingerprint density at radius 3 is 1.80 bits per heavy atom. The van der Waals surface area contributed by atoms with E-state index in [2.05, 4.69) is 29.3 Å². The molecule has 0 N–H and O–H groups in total. The average molecular weight is 144 g/mol. The summed E-state index contributed by atoms with van der Waals surface area (Å²) in [6.45, 7) is 5.05. The molecule has 0 saturated heterocycles. The third-order valence-corrected chi connectivity index (χ3v) is 1.23. The van der Waals surface area contributed by atoms with E-state index in [0.717, 1.165) is 6.54 Å². The number of rotatable bonds is 0. The lowest BCUT2D eigenvalue weighted by Gasteiger charge is -2.18. The first-order valence-electron chi connectivity index (χ1n) is 3.41. The lowest BCUT2D eigenvalue weighted by molar-refractivity contribution is 0.117. The molecule has 0 bridgehead atoms. The van der Waals surface area contributed by atoms with E-state index >= 15 is 0 Å². The highest BCUT2D eigenvalue weighted by Gasteiger charge is 2.02. The van der Waals surface area contributed by atoms with Gasteiger partial charge in [0.1, 0.15) is 0 Å². The second-order valence-electron chi connectivity index (χ2n) is 1.80. The van der Waals surface area contributed by atoms with Crippen molar-refractivity contribution in [1.29, 1.82) is 0 Å². The van der Waals surface area contributed by atoms with Crippen molar-refractivity contribution >= 4 is 0 Å². The minimum absolute atomic E-state index is 0. The predicted molar refractivity (Wildman–Crippen MR) is 47.6 cm³/mol. The molecule has 2 heteroatoms. The first kappa shape index (κ1) is 12.2. The van der Waals surface area contributed by atoms with Crippen LogP contribution in [-0.4, -0.2) is 30.7 Å². The topological polar surface area (TPSA) is 6.48 Å². The first-order valence-corrected chi connectivity index (χ1v) is 3.41. The van der Waals surface area contributed by atoms with Crippen LogP contribution in [0.5, 0.6) is 0 Å². The molecule has 0 spiro atoms. The molecule has 0 unspecified atom stereocenters. The molecular formula is C8H20N2. The van der Waals surface area contributed by atoms with E-state index in [9.17, 15) is 0 Å². The van der Waals surface area contributed by atoms with Gasteiger partial charge in [-0.25, -0.2) is 5.01 Å². The Morgan fingerprint density at radius 2 is 1.70 bits per heavy atom. The van der Waals surface area contributed by atoms with Gasteiger partial charge in [-0.05, 0) is 0 Å². The van der Waals surface area contributed by atoms with Crippen LogP contribution in [0.25, 0.3) is 0 Å². The molecule has 0 radical (unpaired) electrons. The van der Waals surface area contributed by atoms with Crippen LogP contribution < -0.4 is 0 Å². The molecule has 0 aliphatic carbocycles. The van der Waals surface area contributed by atoms with Crippen LogP contribution in [0.15, 0.2) is 12.3 Å². The van der Waals surface area contributed by atoms with Gasteiger partial charge in [0, 0.05) is 26.8 Å². The standard InChI is InChI=1S/C5H10N2.C2H6.CH4/c1-6-4-3-5-7(6)2;1-2;/h3-4H,5H2,1-2H3;1-2H3;1H4. The molecule has 62 valence electrons. The van der Waals surface area contributed by atoms with Crippen molar-refractivity contribution in [1.82, 2.24) is 10.0 Å². The lowest BCUT2D eigenvalue weighted by Crippen LogP contribution is -2.27. The van der Waals surface area contributed by atoms with Crippen molar-refractivity contribution in [3.05, 3.63) is 12.3 Å². The average Bonchev–Trinajstić information content (AvgIpc) is 2.23. The second kappa shape index (κ2) is 6.62. The van der Waals surface area contributed by atoms with Crippen LogP contribution in [0.4, 0.5) is 0 Å². The Hall–Kier alpha value is -0.500. The van der Waals surface area contributed by atoms with Crippen molar-refractivity contribution in [3.63, 3.8) is 0 Å². The van der Waals surface area contributed by atoms with Gasteiger partial charge in [0.25, 0.3) is 0 Å². The van der Waals surface area contributed by atoms with Crippen LogP contribution in [0.3, 0.4) is 0 Å². The summed E-state index contributed by atoms with van der Waals surface area (Å²) in [5, 5.41) is 4.18. The molecule has 0 fully saturated rings. The van der Waals surface area contributed by atoms with E-state index in [1.807, 2.05) is 20.9 Å². The zero-order valence-corrected chi connectivity index (χ0v) is 6.76. The highest BCUT2D eigenvalue weighted by atomic mass is 15.6. The smallest absolute Gasteiger partial charge is 0.0375 e. The van der Waals surface area contributed by atoms with Gasteiger partial charge in [-0.15, -0.1) is 0 Å². The number of likely N-dealkylation sites (N-methyl/N-ethyl adjacent to an activating group) is 1. The van der Waals surface area contributed by atoms with Crippen LogP contribution in [0, 0.1) is 0 Å². The maximum atomic E-state index is 2.12. The molecular weight excluding hydrogens is 124 g/mol. The number of hydrogen-bond acceptors (Lipinski definition) is 2. The normalized spacial score (nSPS) is 15.8. The summed E-state index contributed by atoms with van der Waals surface area (Å²) in [5.41, 5.74) is 0. The second-order valence-corrected chi connectivity index (χ2v) is 1.80. The molecule has 1 aliphatic heterocycles. The third kappa shape index (κ3) is 3.51. The van der Waals surface area contributed by atoms with Gasteiger partial charge < -0.3 is 5.01 Å². The van der Waals surface area contributed by atoms with Gasteiger partial charge in [-0.3, -0.25) is 0 Å². The molecule has 0 aromatic heterocycles. The van der Waals surface area contributed by atoms with Crippen molar-refractivity contribution in [2.75, 3.05) is 20.6 Å². The van der Waals surface area contributed by atoms with E-state index in [1.54, 1.807) is 0 Å². The minimum atomic E-state index is 0.